The van der Waals surface area contributed by atoms with E-state index in [4.69, 9.17) is 0 Å². The average molecular weight is 376 g/mol. The summed E-state index contributed by atoms with van der Waals surface area (Å²) in [4.78, 5) is 14.8. The first-order chi connectivity index (χ1) is 11.8. The smallest absolute Gasteiger partial charge is 0.263 e. The lowest BCUT2D eigenvalue weighted by Crippen LogP contribution is -2.22. The first-order valence-electron chi connectivity index (χ1n) is 7.71. The third-order valence-electron chi connectivity index (χ3n) is 4.09. The molecule has 116 valence electrons. The molecule has 0 N–H and O–H groups in total. The summed E-state index contributed by atoms with van der Waals surface area (Å²) in [5, 5.41) is 0. The maximum Gasteiger partial charge on any atom is 0.263 e. The summed E-state index contributed by atoms with van der Waals surface area (Å²) in [5.41, 5.74) is 4.46. The molecule has 3 aromatic rings. The SMILES string of the molecule is O=C1c2ccccc2/C(=C(\Br)c2ccccc2)N1c1ccccc1. The van der Waals surface area contributed by atoms with E-state index in [9.17, 15) is 4.79 Å². The van der Waals surface area contributed by atoms with E-state index in [1.165, 1.54) is 0 Å². The Morgan fingerprint density at radius 1 is 0.708 bits per heavy atom. The van der Waals surface area contributed by atoms with Gasteiger partial charge < -0.3 is 0 Å². The molecule has 0 aliphatic carbocycles. The van der Waals surface area contributed by atoms with Gasteiger partial charge in [0.25, 0.3) is 5.91 Å². The van der Waals surface area contributed by atoms with E-state index in [1.54, 1.807) is 4.90 Å². The molecule has 0 fully saturated rings. The predicted octanol–water partition coefficient (Wildman–Crippen LogP) is 5.57. The molecule has 1 heterocycles. The van der Waals surface area contributed by atoms with Crippen LogP contribution in [0.15, 0.2) is 84.9 Å². The van der Waals surface area contributed by atoms with Crippen LogP contribution in [0.5, 0.6) is 0 Å². The largest absolute Gasteiger partial charge is 0.275 e. The maximum atomic E-state index is 13.0. The molecule has 1 aliphatic heterocycles. The van der Waals surface area contributed by atoms with Crippen molar-refractivity contribution in [3.8, 4) is 0 Å². The molecule has 3 heteroatoms. The first-order valence-corrected chi connectivity index (χ1v) is 8.51. The number of hydrogen-bond acceptors (Lipinski definition) is 1. The standard InChI is InChI=1S/C21H14BrNO/c22-19(15-9-3-1-4-10-15)20-17-13-7-8-14-18(17)21(24)23(20)16-11-5-2-6-12-16/h1-14H/b20-19+. The second-order valence-corrected chi connectivity index (χ2v) is 6.34. The molecule has 0 saturated heterocycles. The van der Waals surface area contributed by atoms with Gasteiger partial charge in [-0.15, -0.1) is 0 Å². The number of amides is 1. The van der Waals surface area contributed by atoms with Crippen molar-refractivity contribution in [1.82, 2.24) is 0 Å². The second kappa shape index (κ2) is 6.10. The van der Waals surface area contributed by atoms with E-state index in [2.05, 4.69) is 15.9 Å². The summed E-state index contributed by atoms with van der Waals surface area (Å²) < 4.78 is 0.908. The van der Waals surface area contributed by atoms with Gasteiger partial charge in [-0.25, -0.2) is 0 Å². The van der Waals surface area contributed by atoms with E-state index < -0.39 is 0 Å². The molecule has 1 amide bonds. The molecular weight excluding hydrogens is 362 g/mol. The fourth-order valence-corrected chi connectivity index (χ4v) is 3.63. The van der Waals surface area contributed by atoms with Crippen LogP contribution < -0.4 is 4.90 Å². The van der Waals surface area contributed by atoms with Gasteiger partial charge in [0.05, 0.1) is 5.70 Å². The van der Waals surface area contributed by atoms with Crippen LogP contribution in [0, 0.1) is 0 Å². The minimum Gasteiger partial charge on any atom is -0.275 e. The van der Waals surface area contributed by atoms with Gasteiger partial charge in [0, 0.05) is 21.3 Å². The number of anilines is 1. The van der Waals surface area contributed by atoms with E-state index >= 15 is 0 Å². The van der Waals surface area contributed by atoms with E-state index in [-0.39, 0.29) is 5.91 Å². The van der Waals surface area contributed by atoms with Crippen LogP contribution in [0.2, 0.25) is 0 Å². The van der Waals surface area contributed by atoms with Gasteiger partial charge in [-0.1, -0.05) is 66.7 Å². The van der Waals surface area contributed by atoms with Crippen molar-refractivity contribution in [2.45, 2.75) is 0 Å². The second-order valence-electron chi connectivity index (χ2n) is 5.55. The molecule has 0 atom stereocenters. The van der Waals surface area contributed by atoms with Crippen LogP contribution in [-0.2, 0) is 0 Å². The molecule has 0 bridgehead atoms. The van der Waals surface area contributed by atoms with E-state index in [0.717, 1.165) is 32.6 Å². The summed E-state index contributed by atoms with van der Waals surface area (Å²) >= 11 is 3.73. The zero-order valence-electron chi connectivity index (χ0n) is 12.8. The Morgan fingerprint density at radius 2 is 1.25 bits per heavy atom. The Balaban J connectivity index is 1.99. The normalized spacial score (nSPS) is 15.4. The summed E-state index contributed by atoms with van der Waals surface area (Å²) in [6.07, 6.45) is 0. The van der Waals surface area contributed by atoms with Crippen molar-refractivity contribution in [3.63, 3.8) is 0 Å². The van der Waals surface area contributed by atoms with Crippen LogP contribution >= 0.6 is 15.9 Å². The van der Waals surface area contributed by atoms with Crippen LogP contribution in [-0.4, -0.2) is 5.91 Å². The van der Waals surface area contributed by atoms with Crippen LogP contribution in [0.1, 0.15) is 21.5 Å². The Labute approximate surface area is 149 Å². The number of carbonyl (C=O) groups excluding carboxylic acids is 1. The van der Waals surface area contributed by atoms with Gasteiger partial charge in [-0.3, -0.25) is 9.69 Å². The van der Waals surface area contributed by atoms with Gasteiger partial charge in [-0.05, 0) is 39.7 Å². The number of hydrogen-bond donors (Lipinski definition) is 0. The number of para-hydroxylation sites is 1. The number of carbonyl (C=O) groups is 1. The highest BCUT2D eigenvalue weighted by Crippen LogP contribution is 2.42. The average Bonchev–Trinajstić information content (AvgIpc) is 2.95. The van der Waals surface area contributed by atoms with Crippen LogP contribution in [0.3, 0.4) is 0 Å². The molecule has 0 radical (unpaired) electrons. The van der Waals surface area contributed by atoms with E-state index in [1.807, 2.05) is 84.9 Å². The molecule has 24 heavy (non-hydrogen) atoms. The summed E-state index contributed by atoms with van der Waals surface area (Å²) in [5.74, 6) is -0.000295. The van der Waals surface area contributed by atoms with Gasteiger partial charge in [0.2, 0.25) is 0 Å². The van der Waals surface area contributed by atoms with Gasteiger partial charge in [0.1, 0.15) is 0 Å². The summed E-state index contributed by atoms with van der Waals surface area (Å²) in [7, 11) is 0. The molecule has 3 aromatic carbocycles. The molecule has 2 nitrogen and oxygen atoms in total. The monoisotopic (exact) mass is 375 g/mol. The highest BCUT2D eigenvalue weighted by Gasteiger charge is 2.35. The van der Waals surface area contributed by atoms with Crippen molar-refractivity contribution in [2.24, 2.45) is 0 Å². The Bertz CT molecular complexity index is 932. The van der Waals surface area contributed by atoms with Gasteiger partial charge in [-0.2, -0.15) is 0 Å². The Kier molecular flexibility index (Phi) is 3.79. The summed E-state index contributed by atoms with van der Waals surface area (Å²) in [6, 6.07) is 27.5. The molecular formula is C21H14BrNO. The van der Waals surface area contributed by atoms with Crippen molar-refractivity contribution >= 4 is 37.7 Å². The zero-order chi connectivity index (χ0) is 16.5. The molecule has 0 spiro atoms. The number of rotatable bonds is 2. The molecule has 0 saturated carbocycles. The molecule has 4 rings (SSSR count). The fourth-order valence-electron chi connectivity index (χ4n) is 2.98. The highest BCUT2D eigenvalue weighted by molar-refractivity contribution is 9.15. The number of benzene rings is 3. The third kappa shape index (κ3) is 2.38. The number of fused-ring (bicyclic) bond motifs is 1. The minimum atomic E-state index is -0.000295. The maximum absolute atomic E-state index is 13.0. The third-order valence-corrected chi connectivity index (χ3v) is 4.92. The van der Waals surface area contributed by atoms with Gasteiger partial charge >= 0.3 is 0 Å². The highest BCUT2D eigenvalue weighted by atomic mass is 79.9. The lowest BCUT2D eigenvalue weighted by Gasteiger charge is -2.20. The first kappa shape index (κ1) is 14.9. The minimum absolute atomic E-state index is 0.000295. The topological polar surface area (TPSA) is 20.3 Å². The molecule has 1 aliphatic rings. The number of halogens is 1. The lowest BCUT2D eigenvalue weighted by atomic mass is 10.1. The Hall–Kier alpha value is -2.65. The lowest BCUT2D eigenvalue weighted by molar-refractivity contribution is 0.101. The van der Waals surface area contributed by atoms with Crippen molar-refractivity contribution in [3.05, 3.63) is 102 Å². The van der Waals surface area contributed by atoms with Crippen molar-refractivity contribution in [1.29, 1.82) is 0 Å². The Morgan fingerprint density at radius 3 is 1.92 bits per heavy atom. The summed E-state index contributed by atoms with van der Waals surface area (Å²) in [6.45, 7) is 0. The van der Waals surface area contributed by atoms with Crippen LogP contribution in [0.25, 0.3) is 10.2 Å². The number of nitrogens with zero attached hydrogens (tertiary/aromatic N) is 1. The van der Waals surface area contributed by atoms with Crippen molar-refractivity contribution < 1.29 is 4.79 Å². The van der Waals surface area contributed by atoms with Crippen LogP contribution in [0.4, 0.5) is 5.69 Å². The molecule has 0 aromatic heterocycles. The zero-order valence-corrected chi connectivity index (χ0v) is 14.4. The van der Waals surface area contributed by atoms with E-state index in [0.29, 0.717) is 0 Å². The van der Waals surface area contributed by atoms with Crippen molar-refractivity contribution in [2.75, 3.05) is 4.90 Å². The predicted molar refractivity (Wildman–Crippen MR) is 102 cm³/mol. The fraction of sp³-hybridized carbons (Fsp3) is 0. The van der Waals surface area contributed by atoms with Gasteiger partial charge in [0.15, 0.2) is 0 Å². The molecule has 0 unspecified atom stereocenters. The quantitative estimate of drug-likeness (QED) is 0.573.